The first kappa shape index (κ1) is 25.4. The van der Waals surface area contributed by atoms with Crippen molar-refractivity contribution in [2.24, 2.45) is 4.40 Å². The molecule has 0 N–H and O–H groups in total. The van der Waals surface area contributed by atoms with E-state index in [0.717, 1.165) is 6.21 Å². The quantitative estimate of drug-likeness (QED) is 0.304. The molecule has 0 saturated carbocycles. The van der Waals surface area contributed by atoms with E-state index >= 15 is 0 Å². The zero-order chi connectivity index (χ0) is 23.1. The molecular formula is C25H34FNO2SSi. The van der Waals surface area contributed by atoms with Crippen molar-refractivity contribution < 1.29 is 13.0 Å². The van der Waals surface area contributed by atoms with Crippen LogP contribution in [-0.4, -0.2) is 30.1 Å². The van der Waals surface area contributed by atoms with Crippen LogP contribution in [0.4, 0.5) is 4.39 Å². The summed E-state index contributed by atoms with van der Waals surface area (Å²) in [7, 11) is -4.09. The van der Waals surface area contributed by atoms with Gasteiger partial charge in [-0.1, -0.05) is 81.4 Å². The second-order valence-electron chi connectivity index (χ2n) is 9.49. The molecule has 0 fully saturated rings. The number of nitrogens with zero attached hydrogens (tertiary/aromatic N) is 1. The number of hydrogen-bond acceptors (Lipinski definition) is 2. The third-order valence-electron chi connectivity index (χ3n) is 4.99. The maximum atomic E-state index is 14.2. The lowest BCUT2D eigenvalue weighted by Gasteiger charge is -2.43. The summed E-state index contributed by atoms with van der Waals surface area (Å²) in [5, 5.41) is 2.27. The predicted molar refractivity (Wildman–Crippen MR) is 134 cm³/mol. The van der Waals surface area contributed by atoms with Gasteiger partial charge in [-0.05, 0) is 48.7 Å². The number of rotatable bonds is 8. The van der Waals surface area contributed by atoms with Gasteiger partial charge in [0.1, 0.15) is 16.8 Å². The molecule has 0 bridgehead atoms. The largest absolute Gasteiger partial charge is 0.407 e. The van der Waals surface area contributed by atoms with Crippen molar-refractivity contribution >= 4 is 35.9 Å². The summed E-state index contributed by atoms with van der Waals surface area (Å²) in [5.74, 6) is -0.497. The minimum Gasteiger partial charge on any atom is -0.407 e. The zero-order valence-electron chi connectivity index (χ0n) is 19.4. The minimum atomic E-state index is -2.62. The highest BCUT2D eigenvalue weighted by Gasteiger charge is 2.49. The van der Waals surface area contributed by atoms with Gasteiger partial charge in [0, 0.05) is 6.61 Å². The second-order valence-corrected chi connectivity index (χ2v) is 15.7. The molecule has 0 aliphatic carbocycles. The molecule has 1 atom stereocenters. The van der Waals surface area contributed by atoms with E-state index < -0.39 is 29.9 Å². The molecule has 168 valence electrons. The van der Waals surface area contributed by atoms with Crippen molar-refractivity contribution in [3.63, 3.8) is 0 Å². The molecule has 2 aromatic carbocycles. The summed E-state index contributed by atoms with van der Waals surface area (Å²) >= 11 is 0. The van der Waals surface area contributed by atoms with Gasteiger partial charge in [-0.15, -0.1) is 0 Å². The molecule has 0 aliphatic heterocycles. The van der Waals surface area contributed by atoms with Crippen LogP contribution in [0.25, 0.3) is 0 Å². The number of allylic oxidation sites excluding steroid dienone is 1. The molecule has 31 heavy (non-hydrogen) atoms. The van der Waals surface area contributed by atoms with Crippen LogP contribution in [0.3, 0.4) is 0 Å². The predicted octanol–water partition coefficient (Wildman–Crippen LogP) is 5.34. The molecule has 1 unspecified atom stereocenters. The molecule has 0 heterocycles. The lowest BCUT2D eigenvalue weighted by atomic mass is 10.2. The summed E-state index contributed by atoms with van der Waals surface area (Å²) in [5.41, 5.74) is 0. The van der Waals surface area contributed by atoms with Gasteiger partial charge in [-0.25, -0.2) is 8.60 Å². The van der Waals surface area contributed by atoms with Crippen LogP contribution in [0.15, 0.2) is 77.0 Å². The lowest BCUT2D eigenvalue weighted by molar-refractivity contribution is 0.304. The van der Waals surface area contributed by atoms with Crippen LogP contribution in [0, 0.1) is 0 Å². The summed E-state index contributed by atoms with van der Waals surface area (Å²) in [6, 6.07) is 20.7. The Bertz CT molecular complexity index is 877. The molecule has 3 nitrogen and oxygen atoms in total. The molecule has 2 rings (SSSR count). The van der Waals surface area contributed by atoms with E-state index in [9.17, 15) is 8.60 Å². The molecule has 0 aromatic heterocycles. The second kappa shape index (κ2) is 10.6. The topological polar surface area (TPSA) is 38.7 Å². The molecule has 0 saturated heterocycles. The Morgan fingerprint density at radius 3 is 1.87 bits per heavy atom. The van der Waals surface area contributed by atoms with Gasteiger partial charge in [0.05, 0.1) is 11.0 Å². The van der Waals surface area contributed by atoms with E-state index in [1.165, 1.54) is 16.4 Å². The Morgan fingerprint density at radius 2 is 1.45 bits per heavy atom. The molecule has 6 heteroatoms. The van der Waals surface area contributed by atoms with E-state index in [2.05, 4.69) is 49.4 Å². The fourth-order valence-corrected chi connectivity index (χ4v) is 8.57. The highest BCUT2D eigenvalue weighted by Crippen LogP contribution is 2.36. The molecular weight excluding hydrogens is 425 g/mol. The standard InChI is InChI=1S/C25H34FNO2SSi/c1-24(2,3)30(28)27-20-21(26)14-13-19-29-31(25(4,5)6,22-15-9-7-10-16-22)23-17-11-8-12-18-23/h7-12,14-18,20H,13,19H2,1-6H3/b21-14-,27-20+. The highest BCUT2D eigenvalue weighted by molar-refractivity contribution is 7.85. The number of hydrogen-bond donors (Lipinski definition) is 0. The number of benzene rings is 2. The van der Waals surface area contributed by atoms with Gasteiger partial charge in [-0.3, -0.25) is 0 Å². The van der Waals surface area contributed by atoms with E-state index in [0.29, 0.717) is 13.0 Å². The Morgan fingerprint density at radius 1 is 0.968 bits per heavy atom. The fraction of sp³-hybridized carbons (Fsp3) is 0.400. The van der Waals surface area contributed by atoms with Gasteiger partial charge < -0.3 is 4.43 Å². The first-order valence-electron chi connectivity index (χ1n) is 10.6. The third-order valence-corrected chi connectivity index (χ3v) is 11.4. The zero-order valence-corrected chi connectivity index (χ0v) is 21.2. The monoisotopic (exact) mass is 459 g/mol. The third kappa shape index (κ3) is 6.54. The van der Waals surface area contributed by atoms with Crippen molar-refractivity contribution in [2.45, 2.75) is 57.7 Å². The maximum Gasteiger partial charge on any atom is 0.261 e. The summed E-state index contributed by atoms with van der Waals surface area (Å²) in [4.78, 5) is 0. The highest BCUT2D eigenvalue weighted by atomic mass is 32.2. The van der Waals surface area contributed by atoms with Crippen LogP contribution in [0.1, 0.15) is 48.0 Å². The van der Waals surface area contributed by atoms with Gasteiger partial charge in [0.2, 0.25) is 0 Å². The molecule has 2 aromatic rings. The van der Waals surface area contributed by atoms with Gasteiger partial charge in [0.25, 0.3) is 8.32 Å². The van der Waals surface area contributed by atoms with Crippen molar-refractivity contribution in [1.29, 1.82) is 0 Å². The Balaban J connectivity index is 2.26. The maximum absolute atomic E-state index is 14.2. The summed E-state index contributed by atoms with van der Waals surface area (Å²) in [6.07, 6.45) is 2.90. The fourth-order valence-electron chi connectivity index (χ4n) is 3.48. The summed E-state index contributed by atoms with van der Waals surface area (Å²) in [6.45, 7) is 12.4. The Labute approximate surface area is 190 Å². The first-order chi connectivity index (χ1) is 14.5. The Kier molecular flexibility index (Phi) is 8.69. The molecule has 0 aliphatic rings. The van der Waals surface area contributed by atoms with Crippen LogP contribution in [-0.2, 0) is 15.4 Å². The van der Waals surface area contributed by atoms with E-state index in [-0.39, 0.29) is 5.04 Å². The van der Waals surface area contributed by atoms with Crippen molar-refractivity contribution in [2.75, 3.05) is 6.61 Å². The van der Waals surface area contributed by atoms with Crippen molar-refractivity contribution in [3.05, 3.63) is 72.6 Å². The SMILES string of the molecule is CC(C)(C)S(=O)/N=C/C(F)=C/CCO[Si](c1ccccc1)(c1ccccc1)C(C)(C)C. The lowest BCUT2D eigenvalue weighted by Crippen LogP contribution is -2.66. The molecule has 0 spiro atoms. The van der Waals surface area contributed by atoms with E-state index in [1.807, 2.05) is 36.4 Å². The van der Waals surface area contributed by atoms with Crippen molar-refractivity contribution in [3.8, 4) is 0 Å². The van der Waals surface area contributed by atoms with Crippen LogP contribution >= 0.6 is 0 Å². The van der Waals surface area contributed by atoms with Gasteiger partial charge in [-0.2, -0.15) is 4.40 Å². The van der Waals surface area contributed by atoms with Crippen LogP contribution in [0.2, 0.25) is 5.04 Å². The first-order valence-corrected chi connectivity index (χ1v) is 13.6. The average molecular weight is 460 g/mol. The Hall–Kier alpha value is -1.89. The number of halogens is 1. The van der Waals surface area contributed by atoms with Crippen LogP contribution < -0.4 is 10.4 Å². The van der Waals surface area contributed by atoms with Crippen molar-refractivity contribution in [1.82, 2.24) is 0 Å². The minimum absolute atomic E-state index is 0.122. The summed E-state index contributed by atoms with van der Waals surface area (Å²) < 4.78 is 36.2. The van der Waals surface area contributed by atoms with E-state index in [4.69, 9.17) is 4.43 Å². The van der Waals surface area contributed by atoms with Gasteiger partial charge >= 0.3 is 0 Å². The molecule has 0 radical (unpaired) electrons. The van der Waals surface area contributed by atoms with Crippen LogP contribution in [0.5, 0.6) is 0 Å². The normalized spacial score (nSPS) is 14.7. The average Bonchev–Trinajstić information content (AvgIpc) is 2.71. The smallest absolute Gasteiger partial charge is 0.261 e. The van der Waals surface area contributed by atoms with Gasteiger partial charge in [0.15, 0.2) is 0 Å². The van der Waals surface area contributed by atoms with E-state index in [1.54, 1.807) is 20.8 Å². The molecule has 0 amide bonds.